The molecule has 0 unspecified atom stereocenters. The van der Waals surface area contributed by atoms with E-state index in [9.17, 15) is 18.8 Å². The molecular weight excluding hydrogens is 467 g/mol. The van der Waals surface area contributed by atoms with Gasteiger partial charge in [0.25, 0.3) is 5.56 Å². The molecule has 1 N–H and O–H groups in total. The van der Waals surface area contributed by atoms with Crippen LogP contribution in [0.2, 0.25) is 5.02 Å². The van der Waals surface area contributed by atoms with Gasteiger partial charge in [-0.15, -0.1) is 11.3 Å². The maximum Gasteiger partial charge on any atom is 0.269 e. The molecule has 0 radical (unpaired) electrons. The predicted octanol–water partition coefficient (Wildman–Crippen LogP) is 2.73. The van der Waals surface area contributed by atoms with E-state index in [2.05, 4.69) is 5.32 Å². The molecule has 0 atom stereocenters. The van der Waals surface area contributed by atoms with E-state index in [0.29, 0.717) is 17.9 Å². The number of carbonyl (C=O) groups is 2. The van der Waals surface area contributed by atoms with E-state index in [4.69, 9.17) is 16.3 Å². The summed E-state index contributed by atoms with van der Waals surface area (Å²) < 4.78 is 21.0. The maximum atomic E-state index is 14.3. The number of halogens is 2. The summed E-state index contributed by atoms with van der Waals surface area (Å²) in [7, 11) is 1.52. The first-order valence-electron chi connectivity index (χ1n) is 10.2. The quantitative estimate of drug-likeness (QED) is 0.495. The summed E-state index contributed by atoms with van der Waals surface area (Å²) in [4.78, 5) is 38.2. The Balaban J connectivity index is 2.12. The van der Waals surface area contributed by atoms with E-state index < -0.39 is 11.4 Å². The Labute approximate surface area is 198 Å². The standard InChI is InChI=1S/C24H22ClFN2O4S/c1-3-11-27-22(30)14-28-23(13-20(29)15-7-9-16(32-2)10-8-15)33-21(24(28)31)12-17-18(25)5-4-6-19(17)26/h4-10,12-13H,3,11,14H2,1-2H3,(H,27,30). The summed E-state index contributed by atoms with van der Waals surface area (Å²) in [6, 6.07) is 10.7. The van der Waals surface area contributed by atoms with Crippen LogP contribution in [0.25, 0.3) is 12.2 Å². The highest BCUT2D eigenvalue weighted by Gasteiger charge is 2.13. The summed E-state index contributed by atoms with van der Waals surface area (Å²) in [6.45, 7) is 2.11. The lowest BCUT2D eigenvalue weighted by molar-refractivity contribution is -0.121. The van der Waals surface area contributed by atoms with E-state index in [-0.39, 0.29) is 38.0 Å². The Morgan fingerprint density at radius 3 is 2.58 bits per heavy atom. The van der Waals surface area contributed by atoms with Gasteiger partial charge in [0.2, 0.25) is 5.91 Å². The topological polar surface area (TPSA) is 77.4 Å². The van der Waals surface area contributed by atoms with Crippen molar-refractivity contribution in [1.29, 1.82) is 0 Å². The number of hydrogen-bond acceptors (Lipinski definition) is 5. The number of nitrogens with one attached hydrogen (secondary N) is 1. The summed E-state index contributed by atoms with van der Waals surface area (Å²) in [6.07, 6.45) is 3.37. The van der Waals surface area contributed by atoms with Crippen LogP contribution in [-0.4, -0.2) is 29.9 Å². The van der Waals surface area contributed by atoms with Gasteiger partial charge in [-0.2, -0.15) is 0 Å². The first-order chi connectivity index (χ1) is 15.8. The van der Waals surface area contributed by atoms with Crippen molar-refractivity contribution in [3.05, 3.63) is 84.0 Å². The molecule has 1 amide bonds. The number of aromatic nitrogens is 1. The highest BCUT2D eigenvalue weighted by molar-refractivity contribution is 7.07. The fraction of sp³-hybridized carbons (Fsp3) is 0.208. The van der Waals surface area contributed by atoms with Crippen LogP contribution in [-0.2, 0) is 11.3 Å². The lowest BCUT2D eigenvalue weighted by Gasteiger charge is -2.04. The molecule has 0 fully saturated rings. The van der Waals surface area contributed by atoms with Gasteiger partial charge in [0, 0.05) is 23.7 Å². The minimum Gasteiger partial charge on any atom is -0.497 e. The third kappa shape index (κ3) is 5.97. The fourth-order valence-electron chi connectivity index (χ4n) is 2.99. The molecule has 3 rings (SSSR count). The van der Waals surface area contributed by atoms with Crippen molar-refractivity contribution in [1.82, 2.24) is 9.88 Å². The maximum absolute atomic E-state index is 14.3. The van der Waals surface area contributed by atoms with Gasteiger partial charge in [0.1, 0.15) is 22.8 Å². The second-order valence-electron chi connectivity index (χ2n) is 7.06. The number of hydrogen-bond donors (Lipinski definition) is 1. The molecule has 1 heterocycles. The van der Waals surface area contributed by atoms with Crippen molar-refractivity contribution in [3.8, 4) is 5.75 Å². The SMILES string of the molecule is CCCNC(=O)Cn1c(=CC(=O)c2ccc(OC)cc2)sc(=Cc2c(F)cccc2Cl)c1=O. The number of ether oxygens (including phenoxy) is 1. The Bertz CT molecular complexity index is 1330. The smallest absolute Gasteiger partial charge is 0.269 e. The fourth-order valence-corrected chi connectivity index (χ4v) is 4.23. The molecule has 0 aliphatic carbocycles. The van der Waals surface area contributed by atoms with Crippen LogP contribution >= 0.6 is 22.9 Å². The van der Waals surface area contributed by atoms with Gasteiger partial charge in [-0.3, -0.25) is 19.0 Å². The first kappa shape index (κ1) is 24.4. The number of thiazole rings is 1. The largest absolute Gasteiger partial charge is 0.497 e. The zero-order chi connectivity index (χ0) is 24.0. The van der Waals surface area contributed by atoms with Crippen LogP contribution in [0.3, 0.4) is 0 Å². The Kier molecular flexibility index (Phi) is 8.19. The summed E-state index contributed by atoms with van der Waals surface area (Å²) in [5.41, 5.74) is -0.0609. The molecule has 0 spiro atoms. The minimum absolute atomic E-state index is 0.0631. The zero-order valence-corrected chi connectivity index (χ0v) is 19.6. The highest BCUT2D eigenvalue weighted by atomic mass is 35.5. The Morgan fingerprint density at radius 2 is 1.94 bits per heavy atom. The zero-order valence-electron chi connectivity index (χ0n) is 18.1. The van der Waals surface area contributed by atoms with Crippen molar-refractivity contribution >= 4 is 46.8 Å². The Morgan fingerprint density at radius 1 is 1.21 bits per heavy atom. The average molecular weight is 489 g/mol. The molecule has 0 saturated carbocycles. The lowest BCUT2D eigenvalue weighted by Crippen LogP contribution is -2.38. The molecule has 33 heavy (non-hydrogen) atoms. The van der Waals surface area contributed by atoms with Gasteiger partial charge in [-0.05, 0) is 48.9 Å². The molecule has 3 aromatic rings. The van der Waals surface area contributed by atoms with Crippen LogP contribution in [0.5, 0.6) is 5.75 Å². The van der Waals surface area contributed by atoms with Crippen LogP contribution in [0.4, 0.5) is 4.39 Å². The van der Waals surface area contributed by atoms with Crippen molar-refractivity contribution in [2.75, 3.05) is 13.7 Å². The van der Waals surface area contributed by atoms with E-state index in [1.807, 2.05) is 6.92 Å². The number of benzene rings is 2. The van der Waals surface area contributed by atoms with E-state index in [0.717, 1.165) is 17.8 Å². The van der Waals surface area contributed by atoms with Gasteiger partial charge in [-0.1, -0.05) is 24.6 Å². The van der Waals surface area contributed by atoms with Crippen LogP contribution in [0.15, 0.2) is 47.3 Å². The van der Waals surface area contributed by atoms with Gasteiger partial charge < -0.3 is 10.1 Å². The summed E-state index contributed by atoms with van der Waals surface area (Å²) >= 11 is 7.08. The van der Waals surface area contributed by atoms with Gasteiger partial charge in [0.15, 0.2) is 5.78 Å². The van der Waals surface area contributed by atoms with Crippen LogP contribution in [0, 0.1) is 5.82 Å². The van der Waals surface area contributed by atoms with Crippen LogP contribution in [0.1, 0.15) is 29.3 Å². The van der Waals surface area contributed by atoms with E-state index in [1.54, 1.807) is 24.3 Å². The number of ketones is 1. The second kappa shape index (κ2) is 11.1. The first-order valence-corrected chi connectivity index (χ1v) is 11.4. The summed E-state index contributed by atoms with van der Waals surface area (Å²) in [5.74, 6) is -0.691. The minimum atomic E-state index is -0.581. The molecule has 0 aliphatic rings. The molecule has 9 heteroatoms. The number of methoxy groups -OCH3 is 1. The number of amides is 1. The van der Waals surface area contributed by atoms with Crippen molar-refractivity contribution in [3.63, 3.8) is 0 Å². The number of carbonyl (C=O) groups excluding carboxylic acids is 2. The van der Waals surface area contributed by atoms with Crippen molar-refractivity contribution < 1.29 is 18.7 Å². The summed E-state index contributed by atoms with van der Waals surface area (Å²) in [5, 5.41) is 2.86. The van der Waals surface area contributed by atoms with Gasteiger partial charge in [0.05, 0.1) is 16.7 Å². The molecule has 172 valence electrons. The normalized spacial score (nSPS) is 12.1. The third-order valence-electron chi connectivity index (χ3n) is 4.71. The molecule has 0 aliphatic heterocycles. The number of rotatable bonds is 8. The molecular formula is C24H22ClFN2O4S. The Hall–Kier alpha value is -3.23. The molecule has 6 nitrogen and oxygen atoms in total. The third-order valence-corrected chi connectivity index (χ3v) is 6.10. The van der Waals surface area contributed by atoms with Gasteiger partial charge in [-0.25, -0.2) is 4.39 Å². The second-order valence-corrected chi connectivity index (χ2v) is 8.53. The van der Waals surface area contributed by atoms with Crippen LogP contribution < -0.4 is 24.8 Å². The molecule has 2 aromatic carbocycles. The van der Waals surface area contributed by atoms with Crippen molar-refractivity contribution in [2.45, 2.75) is 19.9 Å². The van der Waals surface area contributed by atoms with E-state index in [1.165, 1.54) is 42.0 Å². The average Bonchev–Trinajstić information content (AvgIpc) is 3.09. The molecule has 0 saturated heterocycles. The number of Topliss-reactive ketones (excluding diaryl/α,β-unsaturated/α-hetero) is 1. The lowest BCUT2D eigenvalue weighted by atomic mass is 10.1. The molecule has 1 aromatic heterocycles. The number of nitrogens with zero attached hydrogens (tertiary/aromatic N) is 1. The predicted molar refractivity (Wildman–Crippen MR) is 128 cm³/mol. The van der Waals surface area contributed by atoms with Gasteiger partial charge >= 0.3 is 0 Å². The molecule has 0 bridgehead atoms. The monoisotopic (exact) mass is 488 g/mol. The van der Waals surface area contributed by atoms with E-state index >= 15 is 0 Å². The van der Waals surface area contributed by atoms with Crippen molar-refractivity contribution in [2.24, 2.45) is 0 Å². The highest BCUT2D eigenvalue weighted by Crippen LogP contribution is 2.19.